The van der Waals surface area contributed by atoms with Gasteiger partial charge in [0.05, 0.1) is 17.9 Å². The Bertz CT molecular complexity index is 1850. The van der Waals surface area contributed by atoms with E-state index in [-0.39, 0.29) is 18.1 Å². The van der Waals surface area contributed by atoms with Crippen molar-refractivity contribution in [2.24, 2.45) is 7.05 Å². The van der Waals surface area contributed by atoms with Crippen LogP contribution in [0.4, 0.5) is 17.2 Å². The molecule has 228 valence electrons. The van der Waals surface area contributed by atoms with Gasteiger partial charge in [-0.15, -0.1) is 0 Å². The van der Waals surface area contributed by atoms with E-state index in [0.717, 1.165) is 67.8 Å². The number of hydrogen-bond acceptors (Lipinski definition) is 7. The third-order valence-electron chi connectivity index (χ3n) is 9.03. The first-order chi connectivity index (χ1) is 21.3. The molecular weight excluding hydrogens is 558 g/mol. The fourth-order valence-electron chi connectivity index (χ4n) is 6.84. The van der Waals surface area contributed by atoms with E-state index in [1.165, 1.54) is 22.7 Å². The molecule has 0 bridgehead atoms. The highest BCUT2D eigenvalue weighted by molar-refractivity contribution is 6.07. The lowest BCUT2D eigenvalue weighted by atomic mass is 9.98. The fraction of sp³-hybridized carbons (Fsp3) is 0.394. The zero-order valence-corrected chi connectivity index (χ0v) is 25.4. The predicted octanol–water partition coefficient (Wildman–Crippen LogP) is 3.84. The van der Waals surface area contributed by atoms with Gasteiger partial charge < -0.3 is 24.1 Å². The van der Waals surface area contributed by atoms with Gasteiger partial charge in [-0.2, -0.15) is 5.10 Å². The first-order valence-corrected chi connectivity index (χ1v) is 15.3. The molecule has 44 heavy (non-hydrogen) atoms. The Kier molecular flexibility index (Phi) is 7.12. The third kappa shape index (κ3) is 5.00. The van der Waals surface area contributed by atoms with Gasteiger partial charge in [0.15, 0.2) is 5.82 Å². The SMILES string of the molecule is CC(=O)OCc1c(-c2cc(Nc3cc4n(n3)CCN(C)C4)c(=O)n(C)c2)cccc1N1CCn2c(cc3c2CCCC3)C1=O. The number of nitrogens with zero attached hydrogens (tertiary/aromatic N) is 6. The minimum absolute atomic E-state index is 0.00494. The highest BCUT2D eigenvalue weighted by atomic mass is 16.5. The second-order valence-corrected chi connectivity index (χ2v) is 12.1. The summed E-state index contributed by atoms with van der Waals surface area (Å²) in [6, 6.07) is 11.6. The van der Waals surface area contributed by atoms with Gasteiger partial charge >= 0.3 is 5.97 Å². The van der Waals surface area contributed by atoms with Crippen LogP contribution in [0.3, 0.4) is 0 Å². The lowest BCUT2D eigenvalue weighted by Crippen LogP contribution is -2.41. The van der Waals surface area contributed by atoms with E-state index >= 15 is 0 Å². The molecule has 1 N–H and O–H groups in total. The van der Waals surface area contributed by atoms with Gasteiger partial charge in [0, 0.05) is 69.2 Å². The summed E-state index contributed by atoms with van der Waals surface area (Å²) in [5.74, 6) is 0.154. The summed E-state index contributed by atoms with van der Waals surface area (Å²) in [6.45, 7) is 5.11. The van der Waals surface area contributed by atoms with Crippen LogP contribution < -0.4 is 15.8 Å². The van der Waals surface area contributed by atoms with E-state index in [4.69, 9.17) is 4.74 Å². The zero-order valence-electron chi connectivity index (χ0n) is 25.4. The van der Waals surface area contributed by atoms with E-state index in [2.05, 4.69) is 33.0 Å². The number of esters is 1. The molecule has 5 heterocycles. The maximum Gasteiger partial charge on any atom is 0.302 e. The highest BCUT2D eigenvalue weighted by Gasteiger charge is 2.32. The number of carbonyl (C=O) groups excluding carboxylic acids is 2. The number of fused-ring (bicyclic) bond motifs is 4. The van der Waals surface area contributed by atoms with Crippen molar-refractivity contribution < 1.29 is 14.3 Å². The Morgan fingerprint density at radius 1 is 1.02 bits per heavy atom. The van der Waals surface area contributed by atoms with Gasteiger partial charge in [-0.1, -0.05) is 12.1 Å². The molecule has 0 radical (unpaired) electrons. The molecule has 0 saturated heterocycles. The number of rotatable bonds is 6. The Morgan fingerprint density at radius 2 is 1.86 bits per heavy atom. The number of nitrogens with one attached hydrogen (secondary N) is 1. The van der Waals surface area contributed by atoms with Gasteiger partial charge in [0.2, 0.25) is 0 Å². The molecule has 3 aliphatic rings. The van der Waals surface area contributed by atoms with Gasteiger partial charge in [-0.3, -0.25) is 24.0 Å². The average Bonchev–Trinajstić information content (AvgIpc) is 3.59. The van der Waals surface area contributed by atoms with Gasteiger partial charge in [-0.25, -0.2) is 0 Å². The van der Waals surface area contributed by atoms with Crippen molar-refractivity contribution in [2.45, 2.75) is 58.8 Å². The number of carbonyl (C=O) groups is 2. The zero-order chi connectivity index (χ0) is 30.5. The number of aryl methyl sites for hydroxylation is 2. The van der Waals surface area contributed by atoms with Crippen LogP contribution in [0.2, 0.25) is 0 Å². The Hall–Kier alpha value is -4.64. The van der Waals surface area contributed by atoms with Crippen molar-refractivity contribution in [2.75, 3.05) is 30.4 Å². The lowest BCUT2D eigenvalue weighted by Gasteiger charge is -2.32. The molecule has 11 heteroatoms. The van der Waals surface area contributed by atoms with Crippen LogP contribution in [0.5, 0.6) is 0 Å². The normalized spacial score (nSPS) is 16.3. The molecule has 0 atom stereocenters. The summed E-state index contributed by atoms with van der Waals surface area (Å²) in [5, 5.41) is 7.92. The van der Waals surface area contributed by atoms with E-state index < -0.39 is 5.97 Å². The molecular formula is C33H37N7O4. The monoisotopic (exact) mass is 595 g/mol. The molecule has 3 aromatic heterocycles. The first kappa shape index (κ1) is 28.1. The molecule has 1 aromatic carbocycles. The number of anilines is 3. The second kappa shape index (κ2) is 11.1. The summed E-state index contributed by atoms with van der Waals surface area (Å²) in [7, 11) is 3.79. The summed E-state index contributed by atoms with van der Waals surface area (Å²) in [5.41, 5.74) is 7.53. The van der Waals surface area contributed by atoms with E-state index in [0.29, 0.717) is 35.8 Å². The molecule has 1 amide bonds. The van der Waals surface area contributed by atoms with Gasteiger partial charge in [0.25, 0.3) is 11.5 Å². The largest absolute Gasteiger partial charge is 0.461 e. The van der Waals surface area contributed by atoms with E-state index in [9.17, 15) is 14.4 Å². The van der Waals surface area contributed by atoms with Crippen molar-refractivity contribution in [3.05, 3.63) is 81.2 Å². The van der Waals surface area contributed by atoms with Crippen LogP contribution in [0, 0.1) is 0 Å². The summed E-state index contributed by atoms with van der Waals surface area (Å²) < 4.78 is 11.2. The second-order valence-electron chi connectivity index (χ2n) is 12.1. The Labute approximate surface area is 255 Å². The number of aromatic nitrogens is 4. The van der Waals surface area contributed by atoms with Crippen molar-refractivity contribution in [1.29, 1.82) is 0 Å². The minimum atomic E-state index is -0.408. The topological polar surface area (TPSA) is 107 Å². The van der Waals surface area contributed by atoms with Gasteiger partial charge in [0.1, 0.15) is 18.0 Å². The van der Waals surface area contributed by atoms with Crippen LogP contribution in [-0.2, 0) is 55.7 Å². The fourth-order valence-corrected chi connectivity index (χ4v) is 6.84. The molecule has 2 aliphatic heterocycles. The number of hydrogen-bond donors (Lipinski definition) is 1. The predicted molar refractivity (Wildman–Crippen MR) is 167 cm³/mol. The van der Waals surface area contributed by atoms with Crippen molar-refractivity contribution >= 4 is 29.1 Å². The summed E-state index contributed by atoms with van der Waals surface area (Å²) in [6.07, 6.45) is 6.10. The van der Waals surface area contributed by atoms with Crippen molar-refractivity contribution in [1.82, 2.24) is 23.8 Å². The van der Waals surface area contributed by atoms with E-state index in [1.54, 1.807) is 24.2 Å². The Morgan fingerprint density at radius 3 is 2.70 bits per heavy atom. The number of pyridine rings is 1. The number of ether oxygens (including phenoxy) is 1. The third-order valence-corrected chi connectivity index (χ3v) is 9.03. The van der Waals surface area contributed by atoms with Crippen LogP contribution in [-0.4, -0.2) is 55.8 Å². The quantitative estimate of drug-likeness (QED) is 0.338. The van der Waals surface area contributed by atoms with Crippen LogP contribution in [0.15, 0.2) is 47.4 Å². The van der Waals surface area contributed by atoms with Crippen molar-refractivity contribution in [3.8, 4) is 11.1 Å². The van der Waals surface area contributed by atoms with Gasteiger partial charge in [-0.05, 0) is 62.1 Å². The van der Waals surface area contributed by atoms with E-state index in [1.807, 2.05) is 28.9 Å². The molecule has 11 nitrogen and oxygen atoms in total. The maximum absolute atomic E-state index is 14.0. The minimum Gasteiger partial charge on any atom is -0.461 e. The molecule has 7 rings (SSSR count). The van der Waals surface area contributed by atoms with Crippen LogP contribution in [0.25, 0.3) is 11.1 Å². The lowest BCUT2D eigenvalue weighted by molar-refractivity contribution is -0.142. The smallest absolute Gasteiger partial charge is 0.302 e. The standard InChI is InChI=1S/C33H37N7O4/c1-21(41)44-20-26-25(8-6-10-29(26)39-13-12-38-28-9-5-4-7-22(28)16-30(38)33(39)43)23-15-27(32(42)37(3)18-23)34-31-17-24-19-36(2)11-14-40(24)35-31/h6,8,10,15-18H,4-5,7,9,11-14,19-20H2,1-3H3,(H,34,35). The van der Waals surface area contributed by atoms with Crippen LogP contribution >= 0.6 is 0 Å². The molecule has 0 saturated carbocycles. The maximum atomic E-state index is 14.0. The molecule has 1 aliphatic carbocycles. The molecule has 0 spiro atoms. The average molecular weight is 596 g/mol. The number of amides is 1. The summed E-state index contributed by atoms with van der Waals surface area (Å²) in [4.78, 5) is 43.2. The number of benzene rings is 1. The Balaban J connectivity index is 1.27. The van der Waals surface area contributed by atoms with Crippen LogP contribution in [0.1, 0.15) is 52.8 Å². The summed E-state index contributed by atoms with van der Waals surface area (Å²) >= 11 is 0. The van der Waals surface area contributed by atoms with Crippen molar-refractivity contribution in [3.63, 3.8) is 0 Å². The first-order valence-electron chi connectivity index (χ1n) is 15.3. The number of likely N-dealkylation sites (N-methyl/N-ethyl adjacent to an activating group) is 1. The molecule has 0 unspecified atom stereocenters. The molecule has 4 aromatic rings. The highest BCUT2D eigenvalue weighted by Crippen LogP contribution is 2.36. The molecule has 0 fully saturated rings.